The Morgan fingerprint density at radius 3 is 2.56 bits per heavy atom. The Hall–Kier alpha value is -3.39. The Balaban J connectivity index is 2.11. The minimum Gasteiger partial charge on any atom is -0.497 e. The maximum absolute atomic E-state index is 12.5. The van der Waals surface area contributed by atoms with Crippen LogP contribution in [-0.4, -0.2) is 24.2 Å². The molecule has 1 heterocycles. The summed E-state index contributed by atoms with van der Waals surface area (Å²) in [5.41, 5.74) is 2.58. The number of para-hydroxylation sites is 1. The largest absolute Gasteiger partial charge is 0.497 e. The lowest BCUT2D eigenvalue weighted by molar-refractivity contribution is 0.0438. The van der Waals surface area contributed by atoms with E-state index in [4.69, 9.17) is 14.7 Å². The molecular weight excluding hydrogens is 316 g/mol. The van der Waals surface area contributed by atoms with Gasteiger partial charge in [-0.2, -0.15) is 5.26 Å². The van der Waals surface area contributed by atoms with Gasteiger partial charge in [-0.1, -0.05) is 18.2 Å². The highest BCUT2D eigenvalue weighted by Crippen LogP contribution is 2.27. The van der Waals surface area contributed by atoms with Gasteiger partial charge in [0, 0.05) is 10.9 Å². The second kappa shape index (κ2) is 7.02. The van der Waals surface area contributed by atoms with Gasteiger partial charge in [0.25, 0.3) is 0 Å². The fourth-order valence-electron chi connectivity index (χ4n) is 2.50. The molecule has 0 aliphatic rings. The standard InChI is InChI=1S/C20H16N2O3/c1-13(12-21)25-20(23)17-11-19(14-7-9-15(24-2)10-8-14)22-18-6-4-3-5-16(17)18/h3-11,13H,1-2H3/t13-/m1/s1. The smallest absolute Gasteiger partial charge is 0.340 e. The predicted octanol–water partition coefficient (Wildman–Crippen LogP) is 3.98. The van der Waals surface area contributed by atoms with Crippen LogP contribution in [0, 0.1) is 11.3 Å². The zero-order valence-electron chi connectivity index (χ0n) is 13.9. The van der Waals surface area contributed by atoms with Gasteiger partial charge in [-0.05, 0) is 43.3 Å². The topological polar surface area (TPSA) is 72.2 Å². The van der Waals surface area contributed by atoms with E-state index in [0.717, 1.165) is 11.3 Å². The van der Waals surface area contributed by atoms with Gasteiger partial charge in [0.1, 0.15) is 11.8 Å². The third kappa shape index (κ3) is 3.43. The molecule has 0 saturated heterocycles. The second-order valence-corrected chi connectivity index (χ2v) is 5.48. The number of nitriles is 1. The number of nitrogens with zero attached hydrogens (tertiary/aromatic N) is 2. The van der Waals surface area contributed by atoms with Crippen LogP contribution < -0.4 is 4.74 Å². The lowest BCUT2D eigenvalue weighted by atomic mass is 10.0. The van der Waals surface area contributed by atoms with E-state index in [0.29, 0.717) is 22.2 Å². The summed E-state index contributed by atoms with van der Waals surface area (Å²) in [5.74, 6) is 0.203. The molecule has 0 aliphatic heterocycles. The van der Waals surface area contributed by atoms with Gasteiger partial charge < -0.3 is 9.47 Å². The van der Waals surface area contributed by atoms with Crippen LogP contribution in [-0.2, 0) is 4.74 Å². The van der Waals surface area contributed by atoms with Crippen molar-refractivity contribution in [3.8, 4) is 23.1 Å². The number of pyridine rings is 1. The minimum absolute atomic E-state index is 0.388. The summed E-state index contributed by atoms with van der Waals surface area (Å²) in [6.45, 7) is 1.53. The summed E-state index contributed by atoms with van der Waals surface area (Å²) in [4.78, 5) is 17.1. The molecule has 3 rings (SSSR count). The van der Waals surface area contributed by atoms with Crippen LogP contribution in [0.4, 0.5) is 0 Å². The molecular formula is C20H16N2O3. The SMILES string of the molecule is COc1ccc(-c2cc(C(=O)O[C@H](C)C#N)c3ccccc3n2)cc1. The number of fused-ring (bicyclic) bond motifs is 1. The van der Waals surface area contributed by atoms with Crippen molar-refractivity contribution in [1.82, 2.24) is 4.98 Å². The van der Waals surface area contributed by atoms with Crippen molar-refractivity contribution in [2.24, 2.45) is 0 Å². The summed E-state index contributed by atoms with van der Waals surface area (Å²) < 4.78 is 10.3. The van der Waals surface area contributed by atoms with Crippen LogP contribution in [0.15, 0.2) is 54.6 Å². The van der Waals surface area contributed by atoms with Gasteiger partial charge in [-0.3, -0.25) is 0 Å². The lowest BCUT2D eigenvalue weighted by Gasteiger charge is -2.11. The molecule has 0 aliphatic carbocycles. The van der Waals surface area contributed by atoms with Crippen LogP contribution in [0.3, 0.4) is 0 Å². The van der Waals surface area contributed by atoms with Crippen molar-refractivity contribution in [2.45, 2.75) is 13.0 Å². The number of carbonyl (C=O) groups is 1. The first kappa shape index (κ1) is 16.5. The van der Waals surface area contributed by atoms with Gasteiger partial charge in [0.05, 0.1) is 23.9 Å². The van der Waals surface area contributed by atoms with Gasteiger partial charge in [-0.15, -0.1) is 0 Å². The molecule has 1 aromatic heterocycles. The Morgan fingerprint density at radius 1 is 1.16 bits per heavy atom. The molecule has 0 amide bonds. The number of esters is 1. The summed E-state index contributed by atoms with van der Waals surface area (Å²) in [6.07, 6.45) is -0.816. The summed E-state index contributed by atoms with van der Waals surface area (Å²) in [6, 6.07) is 18.4. The summed E-state index contributed by atoms with van der Waals surface area (Å²) in [5, 5.41) is 9.56. The van der Waals surface area contributed by atoms with E-state index in [1.165, 1.54) is 6.92 Å². The first-order chi connectivity index (χ1) is 12.1. The maximum Gasteiger partial charge on any atom is 0.340 e. The molecule has 0 radical (unpaired) electrons. The normalized spacial score (nSPS) is 11.6. The average molecular weight is 332 g/mol. The number of hydrogen-bond acceptors (Lipinski definition) is 5. The van der Waals surface area contributed by atoms with Gasteiger partial charge in [-0.25, -0.2) is 9.78 Å². The molecule has 5 heteroatoms. The highest BCUT2D eigenvalue weighted by Gasteiger charge is 2.17. The van der Waals surface area contributed by atoms with Crippen LogP contribution in [0.5, 0.6) is 5.75 Å². The van der Waals surface area contributed by atoms with Crippen molar-refractivity contribution < 1.29 is 14.3 Å². The monoisotopic (exact) mass is 332 g/mol. The fourth-order valence-corrected chi connectivity index (χ4v) is 2.50. The molecule has 5 nitrogen and oxygen atoms in total. The average Bonchev–Trinajstić information content (AvgIpc) is 2.67. The number of methoxy groups -OCH3 is 1. The lowest BCUT2D eigenvalue weighted by Crippen LogP contribution is -2.14. The van der Waals surface area contributed by atoms with Gasteiger partial charge in [0.2, 0.25) is 0 Å². The third-order valence-electron chi connectivity index (χ3n) is 3.79. The summed E-state index contributed by atoms with van der Waals surface area (Å²) in [7, 11) is 1.60. The van der Waals surface area contributed by atoms with E-state index in [-0.39, 0.29) is 0 Å². The number of hydrogen-bond donors (Lipinski definition) is 0. The first-order valence-corrected chi connectivity index (χ1v) is 7.77. The van der Waals surface area contributed by atoms with Crippen molar-refractivity contribution in [3.05, 3.63) is 60.2 Å². The highest BCUT2D eigenvalue weighted by molar-refractivity contribution is 6.04. The van der Waals surface area contributed by atoms with Gasteiger partial charge in [0.15, 0.2) is 6.10 Å². The molecule has 25 heavy (non-hydrogen) atoms. The van der Waals surface area contributed by atoms with Crippen molar-refractivity contribution >= 4 is 16.9 Å². The van der Waals surface area contributed by atoms with Crippen LogP contribution in [0.2, 0.25) is 0 Å². The number of aromatic nitrogens is 1. The van der Waals surface area contributed by atoms with E-state index in [2.05, 4.69) is 4.98 Å². The van der Waals surface area contributed by atoms with Crippen LogP contribution in [0.25, 0.3) is 22.2 Å². The molecule has 0 fully saturated rings. The number of ether oxygens (including phenoxy) is 2. The fraction of sp³-hybridized carbons (Fsp3) is 0.150. The van der Waals surface area contributed by atoms with E-state index >= 15 is 0 Å². The van der Waals surface area contributed by atoms with E-state index in [9.17, 15) is 4.79 Å². The molecule has 124 valence electrons. The highest BCUT2D eigenvalue weighted by atomic mass is 16.5. The van der Waals surface area contributed by atoms with Crippen LogP contribution >= 0.6 is 0 Å². The van der Waals surface area contributed by atoms with Crippen molar-refractivity contribution in [3.63, 3.8) is 0 Å². The van der Waals surface area contributed by atoms with Crippen molar-refractivity contribution in [2.75, 3.05) is 7.11 Å². The molecule has 3 aromatic rings. The second-order valence-electron chi connectivity index (χ2n) is 5.48. The third-order valence-corrected chi connectivity index (χ3v) is 3.79. The number of carbonyl (C=O) groups excluding carboxylic acids is 1. The Morgan fingerprint density at radius 2 is 1.88 bits per heavy atom. The molecule has 0 saturated carbocycles. The predicted molar refractivity (Wildman–Crippen MR) is 94.2 cm³/mol. The molecule has 2 aromatic carbocycles. The zero-order chi connectivity index (χ0) is 17.8. The first-order valence-electron chi connectivity index (χ1n) is 7.77. The van der Waals surface area contributed by atoms with E-state index in [1.807, 2.05) is 54.6 Å². The minimum atomic E-state index is -0.816. The Bertz CT molecular complexity index is 959. The molecule has 0 unspecified atom stereocenters. The van der Waals surface area contributed by atoms with Crippen LogP contribution in [0.1, 0.15) is 17.3 Å². The van der Waals surface area contributed by atoms with Crippen molar-refractivity contribution in [1.29, 1.82) is 5.26 Å². The Kier molecular flexibility index (Phi) is 4.62. The molecule has 0 bridgehead atoms. The van der Waals surface area contributed by atoms with Gasteiger partial charge >= 0.3 is 5.97 Å². The van der Waals surface area contributed by atoms with E-state index in [1.54, 1.807) is 13.2 Å². The number of benzene rings is 2. The van der Waals surface area contributed by atoms with E-state index < -0.39 is 12.1 Å². The maximum atomic E-state index is 12.5. The Labute approximate surface area is 145 Å². The zero-order valence-corrected chi connectivity index (χ0v) is 13.9. The number of rotatable bonds is 4. The molecule has 0 spiro atoms. The molecule has 1 atom stereocenters. The summed E-state index contributed by atoms with van der Waals surface area (Å²) >= 11 is 0. The quantitative estimate of drug-likeness (QED) is 0.676. The molecule has 0 N–H and O–H groups in total.